The van der Waals surface area contributed by atoms with E-state index in [1.165, 1.54) is 24.3 Å². The Balaban J connectivity index is 1.52. The molecule has 0 bridgehead atoms. The van der Waals surface area contributed by atoms with E-state index in [9.17, 15) is 9.59 Å². The van der Waals surface area contributed by atoms with E-state index in [-0.39, 0.29) is 11.3 Å². The highest BCUT2D eigenvalue weighted by molar-refractivity contribution is 8.21. The summed E-state index contributed by atoms with van der Waals surface area (Å²) >= 11 is 4.25. The quantitative estimate of drug-likeness (QED) is 0.573. The molecule has 0 amide bonds. The van der Waals surface area contributed by atoms with Gasteiger partial charge in [-0.15, -0.1) is 23.5 Å². The van der Waals surface area contributed by atoms with Crippen LogP contribution in [0.1, 0.15) is 52.4 Å². The van der Waals surface area contributed by atoms with Gasteiger partial charge in [0.25, 0.3) is 0 Å². The first-order chi connectivity index (χ1) is 11.9. The Labute approximate surface area is 159 Å². The second-order valence-corrected chi connectivity index (χ2v) is 12.4. The minimum absolute atomic E-state index is 0.202. The number of ketones is 2. The maximum atomic E-state index is 13.2. The molecule has 4 heteroatoms. The average Bonchev–Trinajstić information content (AvgIpc) is 3.12. The van der Waals surface area contributed by atoms with Gasteiger partial charge in [-0.1, -0.05) is 25.5 Å². The molecule has 0 radical (unpaired) electrons. The molecule has 0 aromatic carbocycles. The lowest BCUT2D eigenvalue weighted by molar-refractivity contribution is -0.148. The molecule has 4 aliphatic carbocycles. The van der Waals surface area contributed by atoms with Crippen LogP contribution >= 0.6 is 23.5 Å². The van der Waals surface area contributed by atoms with Crippen molar-refractivity contribution in [3.05, 3.63) is 11.6 Å². The smallest absolute Gasteiger partial charge is 0.139 e. The third-order valence-corrected chi connectivity index (χ3v) is 11.4. The molecule has 1 aliphatic heterocycles. The molecule has 4 fully saturated rings. The Kier molecular flexibility index (Phi) is 3.82. The lowest BCUT2D eigenvalue weighted by atomic mass is 9.49. The average molecular weight is 377 g/mol. The first-order valence-corrected chi connectivity index (χ1v) is 12.0. The van der Waals surface area contributed by atoms with Gasteiger partial charge in [-0.2, -0.15) is 0 Å². The fourth-order valence-corrected chi connectivity index (χ4v) is 10.1. The maximum absolute atomic E-state index is 13.2. The van der Waals surface area contributed by atoms with Crippen LogP contribution in [0.5, 0.6) is 0 Å². The highest BCUT2D eigenvalue weighted by Crippen LogP contribution is 2.63. The minimum Gasteiger partial charge on any atom is -0.299 e. The van der Waals surface area contributed by atoms with Crippen LogP contribution in [0.2, 0.25) is 0 Å². The molecule has 0 aromatic rings. The summed E-state index contributed by atoms with van der Waals surface area (Å²) in [6.45, 7) is 4.45. The van der Waals surface area contributed by atoms with Crippen LogP contribution in [0.3, 0.4) is 0 Å². The molecule has 5 unspecified atom stereocenters. The van der Waals surface area contributed by atoms with E-state index in [2.05, 4.69) is 43.4 Å². The fraction of sp³-hybridized carbons (Fsp3) is 0.810. The summed E-state index contributed by atoms with van der Waals surface area (Å²) in [5.74, 6) is 5.41. The predicted molar refractivity (Wildman–Crippen MR) is 105 cm³/mol. The molecule has 5 aliphatic rings. The summed E-state index contributed by atoms with van der Waals surface area (Å²) < 4.78 is 0.313. The van der Waals surface area contributed by atoms with Gasteiger partial charge in [0.1, 0.15) is 11.6 Å². The second-order valence-electron chi connectivity index (χ2n) is 9.29. The highest BCUT2D eigenvalue weighted by Gasteiger charge is 2.61. The summed E-state index contributed by atoms with van der Waals surface area (Å²) in [5.41, 5.74) is 1.24. The van der Waals surface area contributed by atoms with Gasteiger partial charge in [-0.3, -0.25) is 9.59 Å². The largest absolute Gasteiger partial charge is 0.299 e. The van der Waals surface area contributed by atoms with Crippen LogP contribution in [0.15, 0.2) is 11.6 Å². The van der Waals surface area contributed by atoms with Gasteiger partial charge in [-0.25, -0.2) is 0 Å². The van der Waals surface area contributed by atoms with E-state index in [4.69, 9.17) is 0 Å². The standard InChI is InChI=1S/C21H28O2S2/c1-12-9-13-10-21(24-7-8-25-21)6-5-14(13)19-16(22)11-20(2)15(18(12)19)3-4-17(20)23/h10,12,14-15,18-19H,3-9,11H2,1-2H3/t12?,14?,15?,18?,19?,20-/m0/s1. The Morgan fingerprint density at radius 2 is 1.92 bits per heavy atom. The molecule has 3 saturated carbocycles. The van der Waals surface area contributed by atoms with Gasteiger partial charge in [0.05, 0.1) is 4.08 Å². The van der Waals surface area contributed by atoms with Crippen molar-refractivity contribution in [3.63, 3.8) is 0 Å². The van der Waals surface area contributed by atoms with Crippen LogP contribution < -0.4 is 0 Å². The Morgan fingerprint density at radius 1 is 1.16 bits per heavy atom. The Bertz CT molecular complexity index is 663. The van der Waals surface area contributed by atoms with Gasteiger partial charge in [-0.05, 0) is 49.4 Å². The number of Topliss-reactive ketones (excluding diaryl/α,β-unsaturated/α-hetero) is 2. The lowest BCUT2D eigenvalue weighted by Gasteiger charge is -2.54. The Morgan fingerprint density at radius 3 is 2.68 bits per heavy atom. The fourth-order valence-electron chi connectivity index (χ4n) is 6.96. The topological polar surface area (TPSA) is 34.1 Å². The summed E-state index contributed by atoms with van der Waals surface area (Å²) in [7, 11) is 0. The van der Waals surface area contributed by atoms with Crippen molar-refractivity contribution in [1.29, 1.82) is 0 Å². The van der Waals surface area contributed by atoms with Crippen molar-refractivity contribution in [2.24, 2.45) is 35.0 Å². The van der Waals surface area contributed by atoms with Crippen molar-refractivity contribution in [3.8, 4) is 0 Å². The second kappa shape index (κ2) is 5.64. The van der Waals surface area contributed by atoms with Crippen molar-refractivity contribution >= 4 is 35.1 Å². The number of thioether (sulfide) groups is 2. The number of hydrogen-bond donors (Lipinski definition) is 0. The Hall–Kier alpha value is -0.220. The SMILES string of the molecule is CC1CC2=CC3(CCC2C2C(=O)C[C@]4(C)C(=O)CCC4C12)SCCS3. The molecular weight excluding hydrogens is 348 g/mol. The number of allylic oxidation sites excluding steroid dienone is 1. The highest BCUT2D eigenvalue weighted by atomic mass is 32.2. The van der Waals surface area contributed by atoms with Crippen molar-refractivity contribution in [2.75, 3.05) is 11.5 Å². The molecule has 0 aromatic heterocycles. The molecule has 1 saturated heterocycles. The first kappa shape index (κ1) is 16.9. The molecule has 1 heterocycles. The maximum Gasteiger partial charge on any atom is 0.139 e. The van der Waals surface area contributed by atoms with Crippen molar-refractivity contribution in [2.45, 2.75) is 56.5 Å². The van der Waals surface area contributed by atoms with Crippen LogP contribution in [0, 0.1) is 35.0 Å². The lowest BCUT2D eigenvalue weighted by Crippen LogP contribution is -2.54. The van der Waals surface area contributed by atoms with Gasteiger partial charge >= 0.3 is 0 Å². The van der Waals surface area contributed by atoms with E-state index in [0.717, 1.165) is 12.8 Å². The number of hydrogen-bond acceptors (Lipinski definition) is 4. The summed E-state index contributed by atoms with van der Waals surface area (Å²) in [6.07, 6.45) is 8.39. The zero-order valence-electron chi connectivity index (χ0n) is 15.3. The van der Waals surface area contributed by atoms with Gasteiger partial charge in [0.15, 0.2) is 0 Å². The minimum atomic E-state index is -0.346. The van der Waals surface area contributed by atoms with Crippen LogP contribution in [-0.2, 0) is 9.59 Å². The van der Waals surface area contributed by atoms with E-state index in [0.29, 0.717) is 52.2 Å². The van der Waals surface area contributed by atoms with Crippen LogP contribution in [0.25, 0.3) is 0 Å². The summed E-state index contributed by atoms with van der Waals surface area (Å²) in [5, 5.41) is 0. The third-order valence-electron chi connectivity index (χ3n) is 8.04. The zero-order chi connectivity index (χ0) is 17.4. The molecule has 6 atom stereocenters. The molecule has 25 heavy (non-hydrogen) atoms. The molecule has 136 valence electrons. The number of rotatable bonds is 0. The van der Waals surface area contributed by atoms with Gasteiger partial charge < -0.3 is 0 Å². The first-order valence-electron chi connectivity index (χ1n) is 9.99. The van der Waals surface area contributed by atoms with Crippen LogP contribution in [0.4, 0.5) is 0 Å². The molecule has 0 N–H and O–H groups in total. The molecule has 5 rings (SSSR count). The predicted octanol–water partition coefficient (Wildman–Crippen LogP) is 4.73. The van der Waals surface area contributed by atoms with E-state index >= 15 is 0 Å². The normalized spacial score (nSPS) is 48.1. The zero-order valence-corrected chi connectivity index (χ0v) is 16.9. The number of carbonyl (C=O) groups is 2. The number of fused-ring (bicyclic) bond motifs is 5. The van der Waals surface area contributed by atoms with E-state index < -0.39 is 0 Å². The molecular formula is C21H28O2S2. The van der Waals surface area contributed by atoms with Gasteiger partial charge in [0, 0.05) is 35.7 Å². The van der Waals surface area contributed by atoms with E-state index in [1.807, 2.05) is 0 Å². The number of carbonyl (C=O) groups excluding carboxylic acids is 2. The monoisotopic (exact) mass is 376 g/mol. The van der Waals surface area contributed by atoms with Crippen molar-refractivity contribution in [1.82, 2.24) is 0 Å². The molecule has 1 spiro atoms. The van der Waals surface area contributed by atoms with Gasteiger partial charge in [0.2, 0.25) is 0 Å². The summed E-state index contributed by atoms with van der Waals surface area (Å²) in [6, 6.07) is 0. The van der Waals surface area contributed by atoms with E-state index in [1.54, 1.807) is 5.57 Å². The summed E-state index contributed by atoms with van der Waals surface area (Å²) in [4.78, 5) is 25.8. The third kappa shape index (κ3) is 2.32. The molecule has 2 nitrogen and oxygen atoms in total. The van der Waals surface area contributed by atoms with Crippen molar-refractivity contribution < 1.29 is 9.59 Å². The van der Waals surface area contributed by atoms with Crippen LogP contribution in [-0.4, -0.2) is 27.2 Å².